The molecule has 2 fully saturated rings. The zero-order valence-electron chi connectivity index (χ0n) is 12.2. The zero-order valence-corrected chi connectivity index (χ0v) is 12.2. The second kappa shape index (κ2) is 6.71. The van der Waals surface area contributed by atoms with Crippen LogP contribution in [0.15, 0.2) is 0 Å². The molecular weight excluding hydrogens is 242 g/mol. The molecule has 0 aromatic carbocycles. The van der Waals surface area contributed by atoms with Crippen molar-refractivity contribution in [3.8, 4) is 0 Å². The van der Waals surface area contributed by atoms with Gasteiger partial charge in [-0.25, -0.2) is 0 Å². The van der Waals surface area contributed by atoms with Crippen molar-refractivity contribution in [2.75, 3.05) is 19.8 Å². The first-order chi connectivity index (χ1) is 9.05. The fraction of sp³-hybridized carbons (Fsp3) is 0.933. The SMILES string of the molecule is CC1(C)CCC(NC(=O)COC[C@@H]2CCCO2)CC1. The van der Waals surface area contributed by atoms with E-state index in [4.69, 9.17) is 9.47 Å². The third-order valence-corrected chi connectivity index (χ3v) is 4.27. The van der Waals surface area contributed by atoms with E-state index in [1.54, 1.807) is 0 Å². The molecule has 1 heterocycles. The van der Waals surface area contributed by atoms with E-state index >= 15 is 0 Å². The van der Waals surface area contributed by atoms with Crippen LogP contribution in [0.4, 0.5) is 0 Å². The fourth-order valence-electron chi connectivity index (χ4n) is 2.87. The van der Waals surface area contributed by atoms with Crippen LogP contribution in [0.3, 0.4) is 0 Å². The number of carbonyl (C=O) groups excluding carboxylic acids is 1. The third kappa shape index (κ3) is 5.11. The number of ether oxygens (including phenoxy) is 2. The van der Waals surface area contributed by atoms with Gasteiger partial charge in [0, 0.05) is 12.6 Å². The second-order valence-electron chi connectivity index (χ2n) is 6.66. The van der Waals surface area contributed by atoms with E-state index in [9.17, 15) is 4.79 Å². The molecule has 0 aromatic heterocycles. The van der Waals surface area contributed by atoms with Gasteiger partial charge in [-0.2, -0.15) is 0 Å². The Morgan fingerprint density at radius 3 is 2.68 bits per heavy atom. The first-order valence-corrected chi connectivity index (χ1v) is 7.54. The molecule has 0 unspecified atom stereocenters. The highest BCUT2D eigenvalue weighted by Gasteiger charge is 2.27. The lowest BCUT2D eigenvalue weighted by molar-refractivity contribution is -0.127. The molecule has 4 nitrogen and oxygen atoms in total. The highest BCUT2D eigenvalue weighted by molar-refractivity contribution is 5.77. The van der Waals surface area contributed by atoms with Gasteiger partial charge in [0.25, 0.3) is 0 Å². The Labute approximate surface area is 116 Å². The highest BCUT2D eigenvalue weighted by Crippen LogP contribution is 2.34. The van der Waals surface area contributed by atoms with Crippen LogP contribution < -0.4 is 5.32 Å². The molecule has 110 valence electrons. The van der Waals surface area contributed by atoms with Crippen LogP contribution in [0.5, 0.6) is 0 Å². The molecule has 1 amide bonds. The van der Waals surface area contributed by atoms with Gasteiger partial charge in [-0.15, -0.1) is 0 Å². The van der Waals surface area contributed by atoms with Gasteiger partial charge in [-0.1, -0.05) is 13.8 Å². The van der Waals surface area contributed by atoms with Crippen molar-refractivity contribution in [2.45, 2.75) is 64.5 Å². The summed E-state index contributed by atoms with van der Waals surface area (Å²) in [5, 5.41) is 3.08. The van der Waals surface area contributed by atoms with Crippen LogP contribution in [0.2, 0.25) is 0 Å². The van der Waals surface area contributed by atoms with E-state index in [0.717, 1.165) is 32.3 Å². The van der Waals surface area contributed by atoms with Crippen LogP contribution >= 0.6 is 0 Å². The topological polar surface area (TPSA) is 47.6 Å². The van der Waals surface area contributed by atoms with Crippen molar-refractivity contribution in [1.82, 2.24) is 5.32 Å². The van der Waals surface area contributed by atoms with Crippen molar-refractivity contribution in [1.29, 1.82) is 0 Å². The second-order valence-corrected chi connectivity index (χ2v) is 6.66. The fourth-order valence-corrected chi connectivity index (χ4v) is 2.87. The maximum atomic E-state index is 11.8. The van der Waals surface area contributed by atoms with Crippen LogP contribution in [0.1, 0.15) is 52.4 Å². The molecule has 1 saturated heterocycles. The standard InChI is InChI=1S/C15H27NO3/c1-15(2)7-5-12(6-8-15)16-14(17)11-18-10-13-4-3-9-19-13/h12-13H,3-11H2,1-2H3,(H,16,17)/t13-/m0/s1. The van der Waals surface area contributed by atoms with Gasteiger partial charge in [-0.05, 0) is 43.9 Å². The summed E-state index contributed by atoms with van der Waals surface area (Å²) < 4.78 is 10.9. The highest BCUT2D eigenvalue weighted by atomic mass is 16.5. The Hall–Kier alpha value is -0.610. The van der Waals surface area contributed by atoms with Crippen LogP contribution in [-0.2, 0) is 14.3 Å². The largest absolute Gasteiger partial charge is 0.376 e. The number of nitrogens with one attached hydrogen (secondary N) is 1. The van der Waals surface area contributed by atoms with Gasteiger partial charge >= 0.3 is 0 Å². The van der Waals surface area contributed by atoms with Crippen molar-refractivity contribution >= 4 is 5.91 Å². The maximum absolute atomic E-state index is 11.8. The lowest BCUT2D eigenvalue weighted by Gasteiger charge is -2.34. The molecule has 2 aliphatic rings. The quantitative estimate of drug-likeness (QED) is 0.833. The van der Waals surface area contributed by atoms with Crippen LogP contribution in [0.25, 0.3) is 0 Å². The molecule has 0 bridgehead atoms. The average Bonchev–Trinajstić information content (AvgIpc) is 2.85. The molecule has 0 radical (unpaired) electrons. The minimum atomic E-state index is 0.0164. The Bertz CT molecular complexity index is 288. The summed E-state index contributed by atoms with van der Waals surface area (Å²) in [4.78, 5) is 11.8. The molecule has 1 N–H and O–H groups in total. The smallest absolute Gasteiger partial charge is 0.246 e. The summed E-state index contributed by atoms with van der Waals surface area (Å²) in [6.45, 7) is 6.15. The summed E-state index contributed by atoms with van der Waals surface area (Å²) >= 11 is 0. The van der Waals surface area contributed by atoms with Gasteiger partial charge in [-0.3, -0.25) is 4.79 Å². The van der Waals surface area contributed by atoms with E-state index in [1.165, 1.54) is 12.8 Å². The lowest BCUT2D eigenvalue weighted by Crippen LogP contribution is -2.41. The van der Waals surface area contributed by atoms with Crippen molar-refractivity contribution in [3.05, 3.63) is 0 Å². The number of amides is 1. The Kier molecular flexibility index (Phi) is 5.22. The number of carbonyl (C=O) groups is 1. The third-order valence-electron chi connectivity index (χ3n) is 4.27. The molecule has 4 heteroatoms. The van der Waals surface area contributed by atoms with E-state index in [2.05, 4.69) is 19.2 Å². The first-order valence-electron chi connectivity index (χ1n) is 7.54. The number of hydrogen-bond acceptors (Lipinski definition) is 3. The van der Waals surface area contributed by atoms with Crippen molar-refractivity contribution in [3.63, 3.8) is 0 Å². The van der Waals surface area contributed by atoms with Gasteiger partial charge in [0.1, 0.15) is 6.61 Å². The Morgan fingerprint density at radius 2 is 2.05 bits per heavy atom. The summed E-state index contributed by atoms with van der Waals surface area (Å²) in [5.74, 6) is 0.0164. The predicted octanol–water partition coefficient (Wildman–Crippen LogP) is 2.27. The first kappa shape index (κ1) is 14.8. The molecule has 0 aromatic rings. The number of rotatable bonds is 5. The molecule has 0 spiro atoms. The van der Waals surface area contributed by atoms with Gasteiger partial charge in [0.2, 0.25) is 5.91 Å². The summed E-state index contributed by atoms with van der Waals surface area (Å²) in [7, 11) is 0. The van der Waals surface area contributed by atoms with E-state index < -0.39 is 0 Å². The molecule has 19 heavy (non-hydrogen) atoms. The van der Waals surface area contributed by atoms with Gasteiger partial charge < -0.3 is 14.8 Å². The van der Waals surface area contributed by atoms with Crippen LogP contribution in [-0.4, -0.2) is 37.9 Å². The molecule has 1 saturated carbocycles. The molecule has 1 atom stereocenters. The minimum Gasteiger partial charge on any atom is -0.376 e. The normalized spacial score (nSPS) is 27.4. The van der Waals surface area contributed by atoms with E-state index in [0.29, 0.717) is 18.1 Å². The maximum Gasteiger partial charge on any atom is 0.246 e. The minimum absolute atomic E-state index is 0.0164. The zero-order chi connectivity index (χ0) is 13.7. The van der Waals surface area contributed by atoms with E-state index in [1.807, 2.05) is 0 Å². The monoisotopic (exact) mass is 269 g/mol. The van der Waals surface area contributed by atoms with Gasteiger partial charge in [0.15, 0.2) is 0 Å². The molecular formula is C15H27NO3. The molecule has 1 aliphatic heterocycles. The lowest BCUT2D eigenvalue weighted by atomic mass is 9.75. The average molecular weight is 269 g/mol. The molecule has 2 rings (SSSR count). The van der Waals surface area contributed by atoms with E-state index in [-0.39, 0.29) is 18.6 Å². The Morgan fingerprint density at radius 1 is 1.32 bits per heavy atom. The Balaban J connectivity index is 1.56. The predicted molar refractivity (Wildman–Crippen MR) is 74.0 cm³/mol. The van der Waals surface area contributed by atoms with Gasteiger partial charge in [0.05, 0.1) is 12.7 Å². The van der Waals surface area contributed by atoms with Crippen molar-refractivity contribution in [2.24, 2.45) is 5.41 Å². The number of hydrogen-bond donors (Lipinski definition) is 1. The van der Waals surface area contributed by atoms with Crippen LogP contribution in [0, 0.1) is 5.41 Å². The molecule has 1 aliphatic carbocycles. The summed E-state index contributed by atoms with van der Waals surface area (Å²) in [6, 6.07) is 0.340. The summed E-state index contributed by atoms with van der Waals surface area (Å²) in [5.41, 5.74) is 0.442. The van der Waals surface area contributed by atoms with Crippen molar-refractivity contribution < 1.29 is 14.3 Å². The summed E-state index contributed by atoms with van der Waals surface area (Å²) in [6.07, 6.45) is 6.92.